The van der Waals surface area contributed by atoms with Crippen molar-refractivity contribution in [3.63, 3.8) is 0 Å². The molecule has 3 N–H and O–H groups in total. The molecule has 1 amide bonds. The topological polar surface area (TPSA) is 123 Å². The lowest BCUT2D eigenvalue weighted by molar-refractivity contribution is 0.0977. The molecule has 3 rings (SSSR count). The third kappa shape index (κ3) is 4.62. The third-order valence-electron chi connectivity index (χ3n) is 4.90. The van der Waals surface area contributed by atoms with Crippen LogP contribution in [0.25, 0.3) is 10.9 Å². The van der Waals surface area contributed by atoms with Gasteiger partial charge in [-0.1, -0.05) is 43.1 Å². The highest BCUT2D eigenvalue weighted by Crippen LogP contribution is 2.25. The summed E-state index contributed by atoms with van der Waals surface area (Å²) in [5.74, 6) is -0.577. The molecule has 2 heterocycles. The summed E-state index contributed by atoms with van der Waals surface area (Å²) in [6.45, 7) is 2.49. The minimum Gasteiger partial charge on any atom is -0.383 e. The molecule has 1 aromatic carbocycles. The van der Waals surface area contributed by atoms with E-state index in [0.717, 1.165) is 6.42 Å². The monoisotopic (exact) mass is 445 g/mol. The smallest absolute Gasteiger partial charge is 0.330 e. The second kappa shape index (κ2) is 9.76. The summed E-state index contributed by atoms with van der Waals surface area (Å²) in [5, 5.41) is 0.720. The number of nitrogens with one attached hydrogen (secondary N) is 1. The van der Waals surface area contributed by atoms with Crippen LogP contribution in [0.15, 0.2) is 39.9 Å². The lowest BCUT2D eigenvalue weighted by Crippen LogP contribution is -2.42. The molecule has 0 aliphatic rings. The van der Waals surface area contributed by atoms with Crippen molar-refractivity contribution < 1.29 is 9.53 Å². The number of anilines is 2. The molecule has 31 heavy (non-hydrogen) atoms. The predicted molar refractivity (Wildman–Crippen MR) is 121 cm³/mol. The summed E-state index contributed by atoms with van der Waals surface area (Å²) in [4.78, 5) is 46.4. The zero-order valence-electron chi connectivity index (χ0n) is 17.4. The van der Waals surface area contributed by atoms with Crippen molar-refractivity contribution >= 4 is 39.9 Å². The number of methoxy groups -OCH3 is 1. The van der Waals surface area contributed by atoms with Gasteiger partial charge in [-0.25, -0.2) is 9.78 Å². The number of amides is 1. The normalized spacial score (nSPS) is 11.1. The van der Waals surface area contributed by atoms with Gasteiger partial charge in [0, 0.05) is 25.6 Å². The number of nitrogen functional groups attached to an aromatic ring is 1. The quantitative estimate of drug-likeness (QED) is 0.513. The van der Waals surface area contributed by atoms with Crippen LogP contribution in [0.4, 0.5) is 11.5 Å². The first kappa shape index (κ1) is 22.5. The van der Waals surface area contributed by atoms with Gasteiger partial charge in [-0.2, -0.15) is 0 Å². The number of para-hydroxylation sites is 1. The van der Waals surface area contributed by atoms with Crippen LogP contribution >= 0.6 is 11.6 Å². The van der Waals surface area contributed by atoms with E-state index in [1.807, 2.05) is 6.92 Å². The van der Waals surface area contributed by atoms with Gasteiger partial charge in [-0.05, 0) is 18.6 Å². The Morgan fingerprint density at radius 3 is 2.77 bits per heavy atom. The SMILES string of the molecule is CCCCn1c(N)c(N(CCOC)C(=O)c2cc(Cl)nc3ccccc23)c(=O)[nH]c1=O. The minimum atomic E-state index is -0.746. The van der Waals surface area contributed by atoms with Crippen molar-refractivity contribution in [1.29, 1.82) is 0 Å². The molecule has 164 valence electrons. The predicted octanol–water partition coefficient (Wildman–Crippen LogP) is 2.41. The number of nitrogens with two attached hydrogens (primary N) is 1. The Bertz CT molecular complexity index is 1220. The minimum absolute atomic E-state index is 0.0445. The summed E-state index contributed by atoms with van der Waals surface area (Å²) < 4.78 is 6.40. The van der Waals surface area contributed by atoms with Gasteiger partial charge in [0.2, 0.25) is 0 Å². The highest BCUT2D eigenvalue weighted by Gasteiger charge is 2.26. The first-order valence-corrected chi connectivity index (χ1v) is 10.3. The van der Waals surface area contributed by atoms with Crippen LogP contribution in [-0.4, -0.2) is 40.7 Å². The number of pyridine rings is 1. The number of rotatable bonds is 8. The lowest BCUT2D eigenvalue weighted by atomic mass is 10.1. The van der Waals surface area contributed by atoms with Crippen molar-refractivity contribution in [2.75, 3.05) is 30.9 Å². The Labute approximate surface area is 183 Å². The number of hydrogen-bond donors (Lipinski definition) is 2. The van der Waals surface area contributed by atoms with E-state index in [1.165, 1.54) is 22.6 Å². The van der Waals surface area contributed by atoms with Crippen molar-refractivity contribution in [3.05, 3.63) is 61.9 Å². The average Bonchev–Trinajstić information content (AvgIpc) is 2.74. The van der Waals surface area contributed by atoms with Gasteiger partial charge in [0.25, 0.3) is 11.5 Å². The molecule has 0 spiro atoms. The number of unbranched alkanes of at least 4 members (excludes halogenated alkanes) is 1. The fraction of sp³-hybridized carbons (Fsp3) is 0.333. The summed E-state index contributed by atoms with van der Waals surface area (Å²) in [6, 6.07) is 8.50. The fourth-order valence-corrected chi connectivity index (χ4v) is 3.54. The van der Waals surface area contributed by atoms with E-state index in [4.69, 9.17) is 22.1 Å². The van der Waals surface area contributed by atoms with Crippen molar-refractivity contribution in [3.8, 4) is 0 Å². The maximum absolute atomic E-state index is 13.6. The molecule has 0 bridgehead atoms. The molecular formula is C21H24ClN5O4. The van der Waals surface area contributed by atoms with E-state index in [-0.39, 0.29) is 35.4 Å². The molecule has 9 nitrogen and oxygen atoms in total. The second-order valence-electron chi connectivity index (χ2n) is 6.96. The largest absolute Gasteiger partial charge is 0.383 e. The van der Waals surface area contributed by atoms with E-state index in [9.17, 15) is 14.4 Å². The van der Waals surface area contributed by atoms with E-state index < -0.39 is 17.2 Å². The van der Waals surface area contributed by atoms with Gasteiger partial charge in [0.05, 0.1) is 17.7 Å². The summed E-state index contributed by atoms with van der Waals surface area (Å²) >= 11 is 6.14. The number of carbonyl (C=O) groups is 1. The molecule has 0 fully saturated rings. The summed E-state index contributed by atoms with van der Waals surface area (Å²) in [7, 11) is 1.48. The van der Waals surface area contributed by atoms with Crippen LogP contribution in [0.5, 0.6) is 0 Å². The van der Waals surface area contributed by atoms with Crippen LogP contribution < -0.4 is 21.9 Å². The molecule has 0 aliphatic heterocycles. The zero-order valence-corrected chi connectivity index (χ0v) is 18.1. The van der Waals surface area contributed by atoms with Gasteiger partial charge in [-0.15, -0.1) is 0 Å². The molecule has 10 heteroatoms. The van der Waals surface area contributed by atoms with E-state index >= 15 is 0 Å². The Kier molecular flexibility index (Phi) is 7.09. The Hall–Kier alpha value is -3.17. The van der Waals surface area contributed by atoms with Crippen LogP contribution in [0, 0.1) is 0 Å². The van der Waals surface area contributed by atoms with Crippen LogP contribution in [0.1, 0.15) is 30.1 Å². The molecule has 0 aliphatic carbocycles. The number of carbonyl (C=O) groups excluding carboxylic acids is 1. The number of H-pyrrole nitrogens is 1. The lowest BCUT2D eigenvalue weighted by Gasteiger charge is -2.25. The highest BCUT2D eigenvalue weighted by molar-refractivity contribution is 6.30. The summed E-state index contributed by atoms with van der Waals surface area (Å²) in [5.41, 5.74) is 5.57. The van der Waals surface area contributed by atoms with Crippen molar-refractivity contribution in [1.82, 2.24) is 14.5 Å². The second-order valence-corrected chi connectivity index (χ2v) is 7.34. The molecule has 3 aromatic rings. The van der Waals surface area contributed by atoms with Crippen LogP contribution in [-0.2, 0) is 11.3 Å². The van der Waals surface area contributed by atoms with E-state index in [0.29, 0.717) is 23.9 Å². The molecule has 2 aromatic heterocycles. The number of hydrogen-bond acceptors (Lipinski definition) is 6. The first-order chi connectivity index (χ1) is 14.9. The van der Waals surface area contributed by atoms with Crippen LogP contribution in [0.3, 0.4) is 0 Å². The van der Waals surface area contributed by atoms with Gasteiger partial charge in [0.15, 0.2) is 5.69 Å². The zero-order chi connectivity index (χ0) is 22.5. The Morgan fingerprint density at radius 1 is 1.32 bits per heavy atom. The average molecular weight is 446 g/mol. The van der Waals surface area contributed by atoms with Gasteiger partial charge < -0.3 is 10.5 Å². The number of fused-ring (bicyclic) bond motifs is 1. The van der Waals surface area contributed by atoms with Crippen LogP contribution in [0.2, 0.25) is 5.15 Å². The maximum Gasteiger partial charge on any atom is 0.330 e. The standard InChI is InChI=1S/C21H24ClN5O4/c1-3-4-9-27-18(23)17(19(28)25-21(27)30)26(10-11-31-2)20(29)14-12-16(22)24-15-8-6-5-7-13(14)15/h5-8,12H,3-4,9-11,23H2,1-2H3,(H,25,28,30). The third-order valence-corrected chi connectivity index (χ3v) is 5.09. The number of benzene rings is 1. The van der Waals surface area contributed by atoms with Gasteiger partial charge in [0.1, 0.15) is 11.0 Å². The Balaban J connectivity index is 2.20. The Morgan fingerprint density at radius 2 is 2.06 bits per heavy atom. The van der Waals surface area contributed by atoms with Gasteiger partial charge in [-0.3, -0.25) is 24.0 Å². The number of nitrogens with zero attached hydrogens (tertiary/aromatic N) is 3. The number of halogens is 1. The number of aromatic nitrogens is 3. The molecule has 0 saturated heterocycles. The first-order valence-electron chi connectivity index (χ1n) is 9.87. The van der Waals surface area contributed by atoms with Crippen molar-refractivity contribution in [2.24, 2.45) is 0 Å². The fourth-order valence-electron chi connectivity index (χ4n) is 3.34. The molecule has 0 radical (unpaired) electrons. The highest BCUT2D eigenvalue weighted by atomic mass is 35.5. The van der Waals surface area contributed by atoms with E-state index in [1.54, 1.807) is 24.3 Å². The maximum atomic E-state index is 13.6. The molecule has 0 saturated carbocycles. The number of aromatic amines is 1. The molecular weight excluding hydrogens is 422 g/mol. The molecule has 0 atom stereocenters. The van der Waals surface area contributed by atoms with Crippen molar-refractivity contribution in [2.45, 2.75) is 26.3 Å². The number of ether oxygens (including phenoxy) is 1. The van der Waals surface area contributed by atoms with E-state index in [2.05, 4.69) is 9.97 Å². The van der Waals surface area contributed by atoms with Gasteiger partial charge >= 0.3 is 5.69 Å². The molecule has 0 unspecified atom stereocenters. The summed E-state index contributed by atoms with van der Waals surface area (Å²) in [6.07, 6.45) is 1.51.